The molecule has 3 heteroatoms. The van der Waals surface area contributed by atoms with Crippen LogP contribution in [0.5, 0.6) is 0 Å². The minimum absolute atomic E-state index is 0.0834. The summed E-state index contributed by atoms with van der Waals surface area (Å²) in [5, 5.41) is 0. The Hall–Kier alpha value is -2.03. The Morgan fingerprint density at radius 2 is 2.00 bits per heavy atom. The molecule has 0 saturated heterocycles. The Morgan fingerprint density at radius 3 is 2.69 bits per heavy atom. The van der Waals surface area contributed by atoms with Crippen LogP contribution in [0, 0.1) is 13.8 Å². The number of hydrogen-bond acceptors (Lipinski definition) is 3. The maximum Gasteiger partial charge on any atom is 0.212 e. The summed E-state index contributed by atoms with van der Waals surface area (Å²) >= 11 is 0. The highest BCUT2D eigenvalue weighted by Crippen LogP contribution is 2.08. The number of nitrogens with zero attached hydrogens (tertiary/aromatic N) is 2. The second-order valence-electron chi connectivity index (χ2n) is 3.74. The predicted molar refractivity (Wildman–Crippen MR) is 61.4 cm³/mol. The molecule has 0 spiro atoms. The molecule has 2 heterocycles. The van der Waals surface area contributed by atoms with E-state index in [-0.39, 0.29) is 5.78 Å². The van der Waals surface area contributed by atoms with Gasteiger partial charge in [0.25, 0.3) is 0 Å². The fourth-order valence-corrected chi connectivity index (χ4v) is 1.50. The summed E-state index contributed by atoms with van der Waals surface area (Å²) in [6.07, 6.45) is 3.29. The molecule has 2 aromatic heterocycles. The van der Waals surface area contributed by atoms with E-state index in [9.17, 15) is 4.79 Å². The number of carbonyl (C=O) groups is 1. The van der Waals surface area contributed by atoms with Gasteiger partial charge in [-0.25, -0.2) is 4.98 Å². The molecule has 0 bridgehead atoms. The van der Waals surface area contributed by atoms with Gasteiger partial charge in [0.2, 0.25) is 5.78 Å². The zero-order valence-corrected chi connectivity index (χ0v) is 9.27. The maximum atomic E-state index is 12.0. The third-order valence-corrected chi connectivity index (χ3v) is 2.26. The monoisotopic (exact) mass is 212 g/mol. The first-order valence-corrected chi connectivity index (χ1v) is 5.07. The summed E-state index contributed by atoms with van der Waals surface area (Å²) < 4.78 is 0. The number of aryl methyl sites for hydroxylation is 2. The van der Waals surface area contributed by atoms with Crippen LogP contribution in [0.25, 0.3) is 0 Å². The summed E-state index contributed by atoms with van der Waals surface area (Å²) in [6.45, 7) is 3.78. The van der Waals surface area contributed by atoms with Gasteiger partial charge in [0.05, 0.1) is 0 Å². The van der Waals surface area contributed by atoms with E-state index in [1.54, 1.807) is 18.5 Å². The lowest BCUT2D eigenvalue weighted by Gasteiger charge is -2.01. The summed E-state index contributed by atoms with van der Waals surface area (Å²) in [4.78, 5) is 20.3. The van der Waals surface area contributed by atoms with Crippen LogP contribution < -0.4 is 0 Å². The summed E-state index contributed by atoms with van der Waals surface area (Å²) in [7, 11) is 0. The molecular formula is C13H12N2O. The van der Waals surface area contributed by atoms with Gasteiger partial charge in [-0.1, -0.05) is 6.07 Å². The molecule has 16 heavy (non-hydrogen) atoms. The van der Waals surface area contributed by atoms with E-state index >= 15 is 0 Å². The Labute approximate surface area is 94.2 Å². The molecule has 0 amide bonds. The topological polar surface area (TPSA) is 42.9 Å². The molecule has 0 unspecified atom stereocenters. The van der Waals surface area contributed by atoms with Crippen LogP contribution >= 0.6 is 0 Å². The van der Waals surface area contributed by atoms with E-state index in [1.807, 2.05) is 32.0 Å². The largest absolute Gasteiger partial charge is 0.287 e. The highest BCUT2D eigenvalue weighted by Gasteiger charge is 2.10. The van der Waals surface area contributed by atoms with Crippen LogP contribution in [0.15, 0.2) is 36.7 Å². The Morgan fingerprint density at radius 1 is 1.19 bits per heavy atom. The Bertz CT molecular complexity index is 487. The van der Waals surface area contributed by atoms with Crippen LogP contribution in [-0.2, 0) is 0 Å². The lowest BCUT2D eigenvalue weighted by Crippen LogP contribution is -2.05. The van der Waals surface area contributed by atoms with Crippen molar-refractivity contribution in [3.05, 3.63) is 59.2 Å². The van der Waals surface area contributed by atoms with Gasteiger partial charge in [-0.15, -0.1) is 0 Å². The molecule has 80 valence electrons. The maximum absolute atomic E-state index is 12.0. The van der Waals surface area contributed by atoms with Gasteiger partial charge in [0.1, 0.15) is 5.69 Å². The Kier molecular flexibility index (Phi) is 2.77. The fourth-order valence-electron chi connectivity index (χ4n) is 1.50. The first-order valence-electron chi connectivity index (χ1n) is 5.07. The molecule has 0 N–H and O–H groups in total. The number of hydrogen-bond donors (Lipinski definition) is 0. The van der Waals surface area contributed by atoms with Crippen molar-refractivity contribution < 1.29 is 4.79 Å². The van der Waals surface area contributed by atoms with Gasteiger partial charge in [-0.3, -0.25) is 9.78 Å². The third-order valence-electron chi connectivity index (χ3n) is 2.26. The molecule has 0 fully saturated rings. The van der Waals surface area contributed by atoms with Gasteiger partial charge in [-0.05, 0) is 37.6 Å². The molecule has 0 radical (unpaired) electrons. The fraction of sp³-hybridized carbons (Fsp3) is 0.154. The number of aromatic nitrogens is 2. The van der Waals surface area contributed by atoms with Crippen LogP contribution in [0.2, 0.25) is 0 Å². The standard InChI is InChI=1S/C13H12N2O/c1-9-6-11(8-14-7-9)13(16)12-5-3-4-10(2)15-12/h3-8H,1-2H3. The second kappa shape index (κ2) is 4.23. The first kappa shape index (κ1) is 10.5. The quantitative estimate of drug-likeness (QED) is 0.717. The van der Waals surface area contributed by atoms with Crippen molar-refractivity contribution in [2.45, 2.75) is 13.8 Å². The number of rotatable bonds is 2. The van der Waals surface area contributed by atoms with Crippen LogP contribution in [0.4, 0.5) is 0 Å². The van der Waals surface area contributed by atoms with Crippen molar-refractivity contribution in [1.82, 2.24) is 9.97 Å². The minimum Gasteiger partial charge on any atom is -0.287 e. The van der Waals surface area contributed by atoms with Crippen LogP contribution in [0.3, 0.4) is 0 Å². The normalized spacial score (nSPS) is 10.1. The minimum atomic E-state index is -0.0834. The molecule has 0 aliphatic carbocycles. The third kappa shape index (κ3) is 2.14. The number of carbonyl (C=O) groups excluding carboxylic acids is 1. The van der Waals surface area contributed by atoms with E-state index < -0.39 is 0 Å². The van der Waals surface area contributed by atoms with Gasteiger partial charge in [-0.2, -0.15) is 0 Å². The van der Waals surface area contributed by atoms with Gasteiger partial charge in [0, 0.05) is 23.7 Å². The average Bonchev–Trinajstić information content (AvgIpc) is 2.28. The molecule has 0 atom stereocenters. The van der Waals surface area contributed by atoms with Crippen molar-refractivity contribution in [3.8, 4) is 0 Å². The first-order chi connectivity index (χ1) is 7.66. The molecule has 2 aromatic rings. The van der Waals surface area contributed by atoms with Gasteiger partial charge in [0.15, 0.2) is 0 Å². The van der Waals surface area contributed by atoms with E-state index in [0.717, 1.165) is 11.3 Å². The summed E-state index contributed by atoms with van der Waals surface area (Å²) in [6, 6.07) is 7.24. The van der Waals surface area contributed by atoms with Crippen molar-refractivity contribution >= 4 is 5.78 Å². The molecule has 0 saturated carbocycles. The second-order valence-corrected chi connectivity index (χ2v) is 3.74. The SMILES string of the molecule is Cc1cncc(C(=O)c2cccc(C)n2)c1. The molecular weight excluding hydrogens is 200 g/mol. The van der Waals surface area contributed by atoms with E-state index in [0.29, 0.717) is 11.3 Å². The van der Waals surface area contributed by atoms with E-state index in [2.05, 4.69) is 9.97 Å². The van der Waals surface area contributed by atoms with Crippen molar-refractivity contribution in [1.29, 1.82) is 0 Å². The molecule has 2 rings (SSSR count). The van der Waals surface area contributed by atoms with E-state index in [1.165, 1.54) is 0 Å². The van der Waals surface area contributed by atoms with Crippen LogP contribution in [-0.4, -0.2) is 15.8 Å². The lowest BCUT2D eigenvalue weighted by molar-refractivity contribution is 0.103. The number of ketones is 1. The van der Waals surface area contributed by atoms with Gasteiger partial charge >= 0.3 is 0 Å². The van der Waals surface area contributed by atoms with Crippen molar-refractivity contribution in [2.75, 3.05) is 0 Å². The zero-order chi connectivity index (χ0) is 11.5. The number of pyridine rings is 2. The highest BCUT2D eigenvalue weighted by molar-refractivity contribution is 6.07. The predicted octanol–water partition coefficient (Wildman–Crippen LogP) is 2.32. The molecule has 3 nitrogen and oxygen atoms in total. The summed E-state index contributed by atoms with van der Waals surface area (Å²) in [5.41, 5.74) is 2.86. The highest BCUT2D eigenvalue weighted by atomic mass is 16.1. The van der Waals surface area contributed by atoms with Crippen molar-refractivity contribution in [3.63, 3.8) is 0 Å². The van der Waals surface area contributed by atoms with Gasteiger partial charge < -0.3 is 0 Å². The van der Waals surface area contributed by atoms with Crippen LogP contribution in [0.1, 0.15) is 27.3 Å². The zero-order valence-electron chi connectivity index (χ0n) is 9.27. The molecule has 0 aliphatic heterocycles. The smallest absolute Gasteiger partial charge is 0.212 e. The Balaban J connectivity index is 2.39. The van der Waals surface area contributed by atoms with E-state index in [4.69, 9.17) is 0 Å². The average molecular weight is 212 g/mol. The molecule has 0 aromatic carbocycles. The lowest BCUT2D eigenvalue weighted by atomic mass is 10.1. The van der Waals surface area contributed by atoms with Crippen molar-refractivity contribution in [2.24, 2.45) is 0 Å². The molecule has 0 aliphatic rings. The summed E-state index contributed by atoms with van der Waals surface area (Å²) in [5.74, 6) is -0.0834.